The van der Waals surface area contributed by atoms with Gasteiger partial charge in [0, 0.05) is 29.6 Å². The minimum Gasteiger partial charge on any atom is -0.493 e. The molecule has 0 saturated heterocycles. The van der Waals surface area contributed by atoms with E-state index in [0.717, 1.165) is 37.5 Å². The summed E-state index contributed by atoms with van der Waals surface area (Å²) in [5.74, 6) is 1.37. The van der Waals surface area contributed by atoms with Gasteiger partial charge < -0.3 is 19.2 Å². The van der Waals surface area contributed by atoms with Crippen LogP contribution in [0.15, 0.2) is 23.0 Å². The van der Waals surface area contributed by atoms with Gasteiger partial charge >= 0.3 is 5.97 Å². The molecule has 1 N–H and O–H groups in total. The SMILES string of the molecule is CCOC(=O)Cn1nnnc1[C@H](CC)N(Cc1cc2cc(OC)c(OC)cc2[nH]c1=O)C1CCCCC1. The van der Waals surface area contributed by atoms with Crippen molar-refractivity contribution in [1.82, 2.24) is 30.1 Å². The van der Waals surface area contributed by atoms with Crippen LogP contribution in [0.5, 0.6) is 11.5 Å². The van der Waals surface area contributed by atoms with Crippen LogP contribution in [0.4, 0.5) is 0 Å². The van der Waals surface area contributed by atoms with Crippen molar-refractivity contribution in [1.29, 1.82) is 0 Å². The van der Waals surface area contributed by atoms with Gasteiger partial charge in [-0.05, 0) is 48.7 Å². The number of aromatic nitrogens is 5. The number of ether oxygens (including phenoxy) is 3. The number of tetrazole rings is 1. The number of H-pyrrole nitrogens is 1. The Hall–Kier alpha value is -3.47. The Kier molecular flexibility index (Phi) is 8.75. The van der Waals surface area contributed by atoms with Gasteiger partial charge in [0.15, 0.2) is 17.3 Å². The minimum atomic E-state index is -0.384. The molecule has 0 aliphatic heterocycles. The van der Waals surface area contributed by atoms with Crippen LogP contribution in [0, 0.1) is 0 Å². The monoisotopic (exact) mass is 512 g/mol. The Morgan fingerprint density at radius 2 is 1.86 bits per heavy atom. The van der Waals surface area contributed by atoms with E-state index in [2.05, 4.69) is 32.3 Å². The first kappa shape index (κ1) is 26.6. The predicted molar refractivity (Wildman–Crippen MR) is 138 cm³/mol. The zero-order chi connectivity index (χ0) is 26.4. The molecule has 3 aromatic rings. The summed E-state index contributed by atoms with van der Waals surface area (Å²) in [5, 5.41) is 13.1. The second-order valence-corrected chi connectivity index (χ2v) is 9.31. The molecule has 1 saturated carbocycles. The Bertz CT molecular complexity index is 1270. The summed E-state index contributed by atoms with van der Waals surface area (Å²) in [5.41, 5.74) is 1.18. The fourth-order valence-electron chi connectivity index (χ4n) is 5.26. The smallest absolute Gasteiger partial charge is 0.327 e. The zero-order valence-corrected chi connectivity index (χ0v) is 22.0. The first-order valence-electron chi connectivity index (χ1n) is 12.9. The summed E-state index contributed by atoms with van der Waals surface area (Å²) >= 11 is 0. The highest BCUT2D eigenvalue weighted by Gasteiger charge is 2.32. The number of hydrogen-bond donors (Lipinski definition) is 1. The molecule has 200 valence electrons. The molecule has 0 bridgehead atoms. The number of methoxy groups -OCH3 is 2. The maximum Gasteiger partial charge on any atom is 0.327 e. The van der Waals surface area contributed by atoms with Crippen molar-refractivity contribution in [2.45, 2.75) is 77.5 Å². The quantitative estimate of drug-likeness (QED) is 0.385. The Balaban J connectivity index is 1.72. The summed E-state index contributed by atoms with van der Waals surface area (Å²) in [4.78, 5) is 30.8. The maximum atomic E-state index is 13.2. The molecule has 0 amide bonds. The van der Waals surface area contributed by atoms with Gasteiger partial charge in [-0.25, -0.2) is 4.68 Å². The van der Waals surface area contributed by atoms with Crippen LogP contribution in [0.1, 0.15) is 69.8 Å². The second-order valence-electron chi connectivity index (χ2n) is 9.31. The Labute approximate surface area is 216 Å². The lowest BCUT2D eigenvalue weighted by Crippen LogP contribution is -2.41. The number of carbonyl (C=O) groups is 1. The molecule has 1 aliphatic rings. The number of hydrogen-bond acceptors (Lipinski definition) is 9. The summed E-state index contributed by atoms with van der Waals surface area (Å²) < 4.78 is 17.5. The van der Waals surface area contributed by atoms with E-state index in [-0.39, 0.29) is 30.2 Å². The number of esters is 1. The number of nitrogens with zero attached hydrogens (tertiary/aromatic N) is 5. The number of rotatable bonds is 11. The number of benzene rings is 1. The fourth-order valence-corrected chi connectivity index (χ4v) is 5.26. The second kappa shape index (κ2) is 12.2. The molecule has 2 heterocycles. The van der Waals surface area contributed by atoms with Gasteiger partial charge in [0.2, 0.25) is 0 Å². The number of aromatic amines is 1. The highest BCUT2D eigenvalue weighted by Crippen LogP contribution is 2.34. The van der Waals surface area contributed by atoms with Gasteiger partial charge in [-0.2, -0.15) is 0 Å². The molecule has 11 nitrogen and oxygen atoms in total. The van der Waals surface area contributed by atoms with Crippen molar-refractivity contribution >= 4 is 16.9 Å². The lowest BCUT2D eigenvalue weighted by molar-refractivity contribution is -0.144. The third-order valence-corrected chi connectivity index (χ3v) is 7.05. The van der Waals surface area contributed by atoms with Gasteiger partial charge in [0.05, 0.1) is 32.4 Å². The molecular weight excluding hydrogens is 476 g/mol. The topological polar surface area (TPSA) is 124 Å². The highest BCUT2D eigenvalue weighted by molar-refractivity contribution is 5.83. The molecule has 0 unspecified atom stereocenters. The molecule has 0 radical (unpaired) electrons. The van der Waals surface area contributed by atoms with E-state index in [1.165, 1.54) is 11.1 Å². The number of pyridine rings is 1. The molecule has 1 fully saturated rings. The molecule has 2 aromatic heterocycles. The molecule has 11 heteroatoms. The molecule has 1 aromatic carbocycles. The van der Waals surface area contributed by atoms with Crippen molar-refractivity contribution in [2.75, 3.05) is 20.8 Å². The fraction of sp³-hybridized carbons (Fsp3) is 0.577. The lowest BCUT2D eigenvalue weighted by atomic mass is 9.92. The first-order chi connectivity index (χ1) is 18.0. The van der Waals surface area contributed by atoms with Gasteiger partial charge in [-0.15, -0.1) is 5.10 Å². The third-order valence-electron chi connectivity index (χ3n) is 7.05. The average Bonchev–Trinajstić information content (AvgIpc) is 3.36. The standard InChI is InChI=1S/C26H36N6O5/c1-5-21(25-28-29-30-32(25)16-24(33)37-6-2)31(19-10-8-7-9-11-19)15-18-12-17-13-22(35-3)23(36-4)14-20(17)27-26(18)34/h12-14,19,21H,5-11,15-16H2,1-4H3,(H,27,34)/t21-/m0/s1. The molecule has 1 aliphatic carbocycles. The molecule has 0 spiro atoms. The van der Waals surface area contributed by atoms with Crippen molar-refractivity contribution in [3.05, 3.63) is 39.9 Å². The molecule has 37 heavy (non-hydrogen) atoms. The van der Waals surface area contributed by atoms with E-state index in [1.807, 2.05) is 12.1 Å². The van der Waals surface area contributed by atoms with Crippen LogP contribution >= 0.6 is 0 Å². The third kappa shape index (κ3) is 5.93. The first-order valence-corrected chi connectivity index (χ1v) is 12.9. The van der Waals surface area contributed by atoms with E-state index in [4.69, 9.17) is 14.2 Å². The highest BCUT2D eigenvalue weighted by atomic mass is 16.5. The van der Waals surface area contributed by atoms with Crippen LogP contribution in [0.25, 0.3) is 10.9 Å². The van der Waals surface area contributed by atoms with Crippen LogP contribution in [0.3, 0.4) is 0 Å². The number of fused-ring (bicyclic) bond motifs is 1. The van der Waals surface area contributed by atoms with Crippen molar-refractivity contribution in [3.63, 3.8) is 0 Å². The average molecular weight is 513 g/mol. The zero-order valence-electron chi connectivity index (χ0n) is 22.0. The van der Waals surface area contributed by atoms with Gasteiger partial charge in [-0.3, -0.25) is 14.5 Å². The molecular formula is C26H36N6O5. The molecule has 4 rings (SSSR count). The van der Waals surface area contributed by atoms with Gasteiger partial charge in [-0.1, -0.05) is 26.2 Å². The van der Waals surface area contributed by atoms with Crippen molar-refractivity contribution in [2.24, 2.45) is 0 Å². The van der Waals surface area contributed by atoms with E-state index in [0.29, 0.717) is 41.6 Å². The van der Waals surface area contributed by atoms with Crippen molar-refractivity contribution in [3.8, 4) is 11.5 Å². The normalized spacial score (nSPS) is 15.2. The van der Waals surface area contributed by atoms with Crippen LogP contribution in [-0.4, -0.2) is 62.9 Å². The van der Waals surface area contributed by atoms with Crippen LogP contribution in [0.2, 0.25) is 0 Å². The Morgan fingerprint density at radius 1 is 1.14 bits per heavy atom. The van der Waals surface area contributed by atoms with E-state index in [9.17, 15) is 9.59 Å². The minimum absolute atomic E-state index is 0.0522. The Morgan fingerprint density at radius 3 is 2.54 bits per heavy atom. The number of nitrogens with one attached hydrogen (secondary N) is 1. The van der Waals surface area contributed by atoms with Gasteiger partial charge in [0.25, 0.3) is 5.56 Å². The largest absolute Gasteiger partial charge is 0.493 e. The van der Waals surface area contributed by atoms with E-state index < -0.39 is 0 Å². The predicted octanol–water partition coefficient (Wildman–Crippen LogP) is 3.38. The van der Waals surface area contributed by atoms with E-state index in [1.54, 1.807) is 27.2 Å². The summed E-state index contributed by atoms with van der Waals surface area (Å²) in [7, 11) is 3.16. The van der Waals surface area contributed by atoms with Crippen LogP contribution in [-0.2, 0) is 22.6 Å². The van der Waals surface area contributed by atoms with Crippen molar-refractivity contribution < 1.29 is 19.0 Å². The summed E-state index contributed by atoms with van der Waals surface area (Å²) in [6.07, 6.45) is 6.27. The number of carbonyl (C=O) groups excluding carboxylic acids is 1. The summed E-state index contributed by atoms with van der Waals surface area (Å²) in [6, 6.07) is 5.66. The van der Waals surface area contributed by atoms with Gasteiger partial charge in [0.1, 0.15) is 6.54 Å². The summed E-state index contributed by atoms with van der Waals surface area (Å²) in [6.45, 7) is 4.51. The lowest BCUT2D eigenvalue weighted by Gasteiger charge is -2.39. The maximum absolute atomic E-state index is 13.2. The van der Waals surface area contributed by atoms with E-state index >= 15 is 0 Å². The van der Waals surface area contributed by atoms with Crippen LogP contribution < -0.4 is 15.0 Å². The molecule has 1 atom stereocenters.